The van der Waals surface area contributed by atoms with Gasteiger partial charge in [0.05, 0.1) is 13.7 Å². The van der Waals surface area contributed by atoms with Gasteiger partial charge in [-0.3, -0.25) is 0 Å². The average Bonchev–Trinajstić information content (AvgIpc) is 3.02. The topological polar surface area (TPSA) is 93.5 Å². The standard InChI is InChI=1S/C14H20N6O3S/c1-18(10-12-6-4-3-5-7-12)24(21,22)20-8-9-23-13(11-20)14-15-17-19(2)16-14/h3-7,13H,8-11H2,1-2H3. The van der Waals surface area contributed by atoms with Gasteiger partial charge in [0.15, 0.2) is 0 Å². The molecule has 0 N–H and O–H groups in total. The summed E-state index contributed by atoms with van der Waals surface area (Å²) < 4.78 is 34.0. The van der Waals surface area contributed by atoms with E-state index in [1.807, 2.05) is 30.3 Å². The molecule has 1 unspecified atom stereocenters. The van der Waals surface area contributed by atoms with Crippen LogP contribution in [-0.4, -0.2) is 64.0 Å². The van der Waals surface area contributed by atoms with Gasteiger partial charge in [-0.05, 0) is 10.8 Å². The molecule has 0 aliphatic carbocycles. The number of hydrogen-bond acceptors (Lipinski definition) is 6. The van der Waals surface area contributed by atoms with Gasteiger partial charge in [0.25, 0.3) is 10.2 Å². The highest BCUT2D eigenvalue weighted by Gasteiger charge is 2.34. The molecule has 2 aromatic rings. The lowest BCUT2D eigenvalue weighted by molar-refractivity contribution is -0.00919. The lowest BCUT2D eigenvalue weighted by Crippen LogP contribution is -2.48. The largest absolute Gasteiger partial charge is 0.367 e. The van der Waals surface area contributed by atoms with Crippen LogP contribution in [0.2, 0.25) is 0 Å². The van der Waals surface area contributed by atoms with Gasteiger partial charge in [-0.2, -0.15) is 21.8 Å². The van der Waals surface area contributed by atoms with E-state index in [1.165, 1.54) is 13.4 Å². The Balaban J connectivity index is 1.71. The van der Waals surface area contributed by atoms with Gasteiger partial charge in [-0.15, -0.1) is 10.2 Å². The molecular formula is C14H20N6O3S. The SMILES string of the molecule is CN(Cc1ccccc1)S(=O)(=O)N1CCOC(c2nnn(C)n2)C1. The van der Waals surface area contributed by atoms with Gasteiger partial charge in [0.1, 0.15) is 6.10 Å². The molecule has 2 heterocycles. The van der Waals surface area contributed by atoms with Gasteiger partial charge in [0.2, 0.25) is 5.82 Å². The van der Waals surface area contributed by atoms with Crippen LogP contribution in [0.4, 0.5) is 0 Å². The van der Waals surface area contributed by atoms with E-state index in [0.717, 1.165) is 5.56 Å². The number of ether oxygens (including phenoxy) is 1. The van der Waals surface area contributed by atoms with Crippen molar-refractivity contribution in [3.8, 4) is 0 Å². The summed E-state index contributed by atoms with van der Waals surface area (Å²) in [5, 5.41) is 11.8. The van der Waals surface area contributed by atoms with Crippen molar-refractivity contribution < 1.29 is 13.2 Å². The summed E-state index contributed by atoms with van der Waals surface area (Å²) >= 11 is 0. The molecule has 3 rings (SSSR count). The first-order valence-electron chi connectivity index (χ1n) is 7.57. The molecule has 0 saturated carbocycles. The summed E-state index contributed by atoms with van der Waals surface area (Å²) in [6.45, 7) is 1.08. The normalized spacial score (nSPS) is 19.7. The van der Waals surface area contributed by atoms with Crippen LogP contribution in [-0.2, 0) is 28.5 Å². The molecule has 0 bridgehead atoms. The van der Waals surface area contributed by atoms with Crippen molar-refractivity contribution in [3.63, 3.8) is 0 Å². The zero-order chi connectivity index (χ0) is 17.2. The number of tetrazole rings is 1. The lowest BCUT2D eigenvalue weighted by Gasteiger charge is -2.33. The first-order valence-corrected chi connectivity index (χ1v) is 8.97. The summed E-state index contributed by atoms with van der Waals surface area (Å²) in [6, 6.07) is 9.48. The van der Waals surface area contributed by atoms with E-state index in [1.54, 1.807) is 14.1 Å². The Bertz CT molecular complexity index is 779. The monoisotopic (exact) mass is 352 g/mol. The first kappa shape index (κ1) is 17.0. The van der Waals surface area contributed by atoms with Crippen molar-refractivity contribution in [3.05, 3.63) is 41.7 Å². The highest BCUT2D eigenvalue weighted by Crippen LogP contribution is 2.22. The summed E-state index contributed by atoms with van der Waals surface area (Å²) in [5.41, 5.74) is 0.934. The van der Waals surface area contributed by atoms with E-state index in [9.17, 15) is 8.42 Å². The fourth-order valence-corrected chi connectivity index (χ4v) is 3.87. The molecule has 1 aliphatic heterocycles. The maximum absolute atomic E-state index is 12.8. The first-order chi connectivity index (χ1) is 11.5. The molecule has 1 aliphatic rings. The number of rotatable bonds is 5. The summed E-state index contributed by atoms with van der Waals surface area (Å²) in [7, 11) is -0.359. The highest BCUT2D eigenvalue weighted by atomic mass is 32.2. The van der Waals surface area contributed by atoms with Crippen molar-refractivity contribution in [2.75, 3.05) is 26.7 Å². The Morgan fingerprint density at radius 1 is 1.33 bits per heavy atom. The Morgan fingerprint density at radius 3 is 2.75 bits per heavy atom. The molecule has 0 amide bonds. The fourth-order valence-electron chi connectivity index (χ4n) is 2.54. The molecule has 10 heteroatoms. The van der Waals surface area contributed by atoms with E-state index in [4.69, 9.17) is 4.74 Å². The fraction of sp³-hybridized carbons (Fsp3) is 0.500. The smallest absolute Gasteiger partial charge is 0.282 e. The predicted octanol–water partition coefficient (Wildman–Crippen LogP) is -0.0398. The Kier molecular flexibility index (Phi) is 4.90. The van der Waals surface area contributed by atoms with Crippen LogP contribution in [0, 0.1) is 0 Å². The summed E-state index contributed by atoms with van der Waals surface area (Å²) in [4.78, 5) is 1.33. The van der Waals surface area contributed by atoms with Gasteiger partial charge in [-0.1, -0.05) is 30.3 Å². The van der Waals surface area contributed by atoms with Crippen molar-refractivity contribution in [2.45, 2.75) is 12.6 Å². The second-order valence-corrected chi connectivity index (χ2v) is 7.64. The van der Waals surface area contributed by atoms with Gasteiger partial charge >= 0.3 is 0 Å². The zero-order valence-corrected chi connectivity index (χ0v) is 14.4. The molecule has 1 saturated heterocycles. The number of hydrogen-bond donors (Lipinski definition) is 0. The maximum Gasteiger partial charge on any atom is 0.282 e. The second-order valence-electron chi connectivity index (χ2n) is 5.60. The van der Waals surface area contributed by atoms with Crippen LogP contribution < -0.4 is 0 Å². The number of aromatic nitrogens is 4. The van der Waals surface area contributed by atoms with E-state index >= 15 is 0 Å². The molecule has 24 heavy (non-hydrogen) atoms. The molecular weight excluding hydrogens is 332 g/mol. The van der Waals surface area contributed by atoms with E-state index in [-0.39, 0.29) is 6.54 Å². The van der Waals surface area contributed by atoms with Crippen LogP contribution in [0.3, 0.4) is 0 Å². The van der Waals surface area contributed by atoms with E-state index in [0.29, 0.717) is 25.5 Å². The molecule has 1 aromatic carbocycles. The van der Waals surface area contributed by atoms with Crippen LogP contribution in [0.15, 0.2) is 30.3 Å². The maximum atomic E-state index is 12.8. The Morgan fingerprint density at radius 2 is 2.08 bits per heavy atom. The van der Waals surface area contributed by atoms with Crippen molar-refractivity contribution in [2.24, 2.45) is 7.05 Å². The molecule has 9 nitrogen and oxygen atoms in total. The third kappa shape index (κ3) is 3.61. The second kappa shape index (κ2) is 6.93. The van der Waals surface area contributed by atoms with Crippen molar-refractivity contribution >= 4 is 10.2 Å². The minimum absolute atomic E-state index is 0.174. The van der Waals surface area contributed by atoms with Gasteiger partial charge in [0, 0.05) is 26.7 Å². The molecule has 1 aromatic heterocycles. The van der Waals surface area contributed by atoms with Crippen molar-refractivity contribution in [1.29, 1.82) is 0 Å². The van der Waals surface area contributed by atoms with Crippen LogP contribution in [0.25, 0.3) is 0 Å². The van der Waals surface area contributed by atoms with Crippen molar-refractivity contribution in [1.82, 2.24) is 28.8 Å². The number of benzene rings is 1. The number of aryl methyl sites for hydroxylation is 1. The van der Waals surface area contributed by atoms with Crippen LogP contribution in [0.1, 0.15) is 17.5 Å². The highest BCUT2D eigenvalue weighted by molar-refractivity contribution is 7.86. The number of nitrogens with zero attached hydrogens (tertiary/aromatic N) is 6. The average molecular weight is 352 g/mol. The molecule has 1 fully saturated rings. The zero-order valence-electron chi connectivity index (χ0n) is 13.6. The van der Waals surface area contributed by atoms with E-state index in [2.05, 4.69) is 15.4 Å². The molecule has 130 valence electrons. The predicted molar refractivity (Wildman–Crippen MR) is 85.9 cm³/mol. The number of morpholine rings is 1. The molecule has 1 atom stereocenters. The third-order valence-electron chi connectivity index (χ3n) is 3.81. The lowest BCUT2D eigenvalue weighted by atomic mass is 10.2. The molecule has 0 spiro atoms. The minimum Gasteiger partial charge on any atom is -0.367 e. The quantitative estimate of drug-likeness (QED) is 0.750. The van der Waals surface area contributed by atoms with Crippen LogP contribution >= 0.6 is 0 Å². The molecule has 0 radical (unpaired) electrons. The van der Waals surface area contributed by atoms with Gasteiger partial charge < -0.3 is 4.74 Å². The minimum atomic E-state index is -3.59. The van der Waals surface area contributed by atoms with Gasteiger partial charge in [-0.25, -0.2) is 0 Å². The summed E-state index contributed by atoms with van der Waals surface area (Å²) in [6.07, 6.45) is -0.507. The summed E-state index contributed by atoms with van der Waals surface area (Å²) in [5.74, 6) is 0.392. The van der Waals surface area contributed by atoms with Crippen LogP contribution in [0.5, 0.6) is 0 Å². The Labute approximate surface area is 141 Å². The third-order valence-corrected chi connectivity index (χ3v) is 5.71. The Hall–Kier alpha value is -1.88. The van der Waals surface area contributed by atoms with E-state index < -0.39 is 16.3 Å².